The van der Waals surface area contributed by atoms with Crippen molar-refractivity contribution >= 4 is 22.9 Å². The van der Waals surface area contributed by atoms with Crippen LogP contribution in [0.25, 0.3) is 0 Å². The first-order valence-corrected chi connectivity index (χ1v) is 8.74. The molecular weight excluding hydrogens is 324 g/mol. The quantitative estimate of drug-likeness (QED) is 0.731. The van der Waals surface area contributed by atoms with Crippen LogP contribution in [0, 0.1) is 6.92 Å². The predicted molar refractivity (Wildman–Crippen MR) is 97.3 cm³/mol. The molecule has 0 aliphatic heterocycles. The number of aliphatic hydroxyl groups excluding tert-OH is 1. The SMILES string of the molecule is Cc1ccc(NC(=O)CN(C)CC(O)COCc2cccs2)cc1. The normalized spacial score (nSPS) is 12.3. The maximum Gasteiger partial charge on any atom is 0.238 e. The monoisotopic (exact) mass is 348 g/mol. The number of aliphatic hydroxyl groups is 1. The molecule has 0 aliphatic carbocycles. The molecule has 0 bridgehead atoms. The number of hydrogen-bond donors (Lipinski definition) is 2. The van der Waals surface area contributed by atoms with Crippen LogP contribution in [0.4, 0.5) is 5.69 Å². The molecule has 1 amide bonds. The first-order valence-electron chi connectivity index (χ1n) is 7.86. The van der Waals surface area contributed by atoms with Gasteiger partial charge in [-0.05, 0) is 37.6 Å². The summed E-state index contributed by atoms with van der Waals surface area (Å²) < 4.78 is 5.49. The van der Waals surface area contributed by atoms with Crippen LogP contribution in [0.15, 0.2) is 41.8 Å². The molecule has 0 saturated heterocycles. The second kappa shape index (κ2) is 9.54. The zero-order valence-corrected chi connectivity index (χ0v) is 14.9. The van der Waals surface area contributed by atoms with Crippen molar-refractivity contribution in [2.75, 3.05) is 32.1 Å². The summed E-state index contributed by atoms with van der Waals surface area (Å²) in [6, 6.07) is 11.6. The van der Waals surface area contributed by atoms with Crippen LogP contribution < -0.4 is 5.32 Å². The van der Waals surface area contributed by atoms with Crippen LogP contribution in [0.1, 0.15) is 10.4 Å². The van der Waals surface area contributed by atoms with Gasteiger partial charge in [0.2, 0.25) is 5.91 Å². The van der Waals surface area contributed by atoms with E-state index in [0.29, 0.717) is 13.2 Å². The maximum atomic E-state index is 12.0. The predicted octanol–water partition coefficient (Wildman–Crippen LogP) is 2.50. The Labute approximate surface area is 146 Å². The van der Waals surface area contributed by atoms with Gasteiger partial charge in [-0.3, -0.25) is 9.69 Å². The number of rotatable bonds is 9. The van der Waals surface area contributed by atoms with Crippen molar-refractivity contribution in [3.8, 4) is 0 Å². The van der Waals surface area contributed by atoms with E-state index in [9.17, 15) is 9.90 Å². The topological polar surface area (TPSA) is 61.8 Å². The molecule has 1 atom stereocenters. The van der Waals surface area contributed by atoms with E-state index >= 15 is 0 Å². The molecule has 24 heavy (non-hydrogen) atoms. The molecule has 0 fully saturated rings. The fraction of sp³-hybridized carbons (Fsp3) is 0.389. The van der Waals surface area contributed by atoms with Crippen molar-refractivity contribution in [1.82, 2.24) is 4.90 Å². The Kier molecular flexibility index (Phi) is 7.39. The van der Waals surface area contributed by atoms with Crippen molar-refractivity contribution in [2.24, 2.45) is 0 Å². The standard InChI is InChI=1S/C18H24N2O3S/c1-14-5-7-15(8-6-14)19-18(22)11-20(2)10-16(21)12-23-13-17-4-3-9-24-17/h3-9,16,21H,10-13H2,1-2H3,(H,19,22). The van der Waals surface area contributed by atoms with Crippen LogP contribution >= 0.6 is 11.3 Å². The highest BCUT2D eigenvalue weighted by Crippen LogP contribution is 2.10. The van der Waals surface area contributed by atoms with Crippen LogP contribution in [-0.4, -0.2) is 48.8 Å². The Morgan fingerprint density at radius 3 is 2.75 bits per heavy atom. The Morgan fingerprint density at radius 2 is 2.08 bits per heavy atom. The van der Waals surface area contributed by atoms with Crippen molar-refractivity contribution in [3.05, 3.63) is 52.2 Å². The number of ether oxygens (including phenoxy) is 1. The van der Waals surface area contributed by atoms with E-state index in [1.54, 1.807) is 23.3 Å². The smallest absolute Gasteiger partial charge is 0.238 e. The first kappa shape index (κ1) is 18.6. The Bertz CT molecular complexity index is 614. The summed E-state index contributed by atoms with van der Waals surface area (Å²) in [5, 5.41) is 14.8. The summed E-state index contributed by atoms with van der Waals surface area (Å²) in [7, 11) is 1.80. The Hall–Kier alpha value is -1.73. The number of nitrogens with one attached hydrogen (secondary N) is 1. The van der Waals surface area contributed by atoms with E-state index in [1.165, 1.54) is 0 Å². The zero-order chi connectivity index (χ0) is 17.4. The van der Waals surface area contributed by atoms with Crippen LogP contribution in [-0.2, 0) is 16.1 Å². The molecule has 5 nitrogen and oxygen atoms in total. The summed E-state index contributed by atoms with van der Waals surface area (Å²) in [6.45, 7) is 3.36. The fourth-order valence-electron chi connectivity index (χ4n) is 2.25. The van der Waals surface area contributed by atoms with Gasteiger partial charge in [0.15, 0.2) is 0 Å². The summed E-state index contributed by atoms with van der Waals surface area (Å²) in [5.41, 5.74) is 1.93. The highest BCUT2D eigenvalue weighted by Gasteiger charge is 2.12. The number of carbonyl (C=O) groups is 1. The van der Waals surface area contributed by atoms with Gasteiger partial charge < -0.3 is 15.2 Å². The second-order valence-electron chi connectivity index (χ2n) is 5.86. The molecule has 130 valence electrons. The molecule has 2 N–H and O–H groups in total. The highest BCUT2D eigenvalue weighted by molar-refractivity contribution is 7.09. The molecular formula is C18H24N2O3S. The lowest BCUT2D eigenvalue weighted by Crippen LogP contribution is -2.37. The average Bonchev–Trinajstić information content (AvgIpc) is 3.02. The number of amides is 1. The third-order valence-corrected chi connectivity index (χ3v) is 4.26. The average molecular weight is 348 g/mol. The van der Waals surface area contributed by atoms with Gasteiger partial charge in [0.05, 0.1) is 25.9 Å². The minimum absolute atomic E-state index is 0.104. The molecule has 1 unspecified atom stereocenters. The molecule has 0 aliphatic rings. The van der Waals surface area contributed by atoms with Crippen molar-refractivity contribution in [1.29, 1.82) is 0 Å². The van der Waals surface area contributed by atoms with Gasteiger partial charge in [-0.1, -0.05) is 23.8 Å². The van der Waals surface area contributed by atoms with Gasteiger partial charge in [0, 0.05) is 17.1 Å². The van der Waals surface area contributed by atoms with Crippen LogP contribution in [0.2, 0.25) is 0 Å². The zero-order valence-electron chi connectivity index (χ0n) is 14.1. The van der Waals surface area contributed by atoms with E-state index < -0.39 is 6.10 Å². The summed E-state index contributed by atoms with van der Waals surface area (Å²) in [4.78, 5) is 14.9. The lowest BCUT2D eigenvalue weighted by molar-refractivity contribution is -0.117. The van der Waals surface area contributed by atoms with Crippen molar-refractivity contribution in [3.63, 3.8) is 0 Å². The summed E-state index contributed by atoms with van der Waals surface area (Å²) in [6.07, 6.45) is -0.623. The number of benzene rings is 1. The minimum atomic E-state index is -0.623. The number of aryl methyl sites for hydroxylation is 1. The molecule has 1 aromatic carbocycles. The summed E-state index contributed by atoms with van der Waals surface area (Å²) >= 11 is 1.63. The van der Waals surface area contributed by atoms with Crippen molar-refractivity contribution < 1.29 is 14.6 Å². The van der Waals surface area contributed by atoms with E-state index in [0.717, 1.165) is 16.1 Å². The number of thiophene rings is 1. The molecule has 1 aromatic heterocycles. The molecule has 1 heterocycles. The molecule has 0 radical (unpaired) electrons. The number of carbonyl (C=O) groups excluding carboxylic acids is 1. The summed E-state index contributed by atoms with van der Waals surface area (Å²) in [5.74, 6) is -0.104. The van der Waals surface area contributed by atoms with E-state index in [1.807, 2.05) is 48.7 Å². The van der Waals surface area contributed by atoms with Crippen LogP contribution in [0.3, 0.4) is 0 Å². The maximum absolute atomic E-state index is 12.0. The number of nitrogens with zero attached hydrogens (tertiary/aromatic N) is 1. The molecule has 2 rings (SSSR count). The Balaban J connectivity index is 1.64. The lowest BCUT2D eigenvalue weighted by atomic mass is 10.2. The highest BCUT2D eigenvalue weighted by atomic mass is 32.1. The van der Waals surface area contributed by atoms with Gasteiger partial charge in [-0.25, -0.2) is 0 Å². The third kappa shape index (κ3) is 6.80. The van der Waals surface area contributed by atoms with E-state index in [2.05, 4.69) is 5.32 Å². The van der Waals surface area contributed by atoms with E-state index in [-0.39, 0.29) is 19.1 Å². The molecule has 6 heteroatoms. The largest absolute Gasteiger partial charge is 0.389 e. The number of anilines is 1. The fourth-order valence-corrected chi connectivity index (χ4v) is 2.89. The van der Waals surface area contributed by atoms with Gasteiger partial charge in [-0.2, -0.15) is 0 Å². The molecule has 0 saturated carbocycles. The minimum Gasteiger partial charge on any atom is -0.389 e. The van der Waals surface area contributed by atoms with Crippen molar-refractivity contribution in [2.45, 2.75) is 19.6 Å². The molecule has 0 spiro atoms. The molecule has 2 aromatic rings. The first-order chi connectivity index (χ1) is 11.5. The third-order valence-electron chi connectivity index (χ3n) is 3.41. The van der Waals surface area contributed by atoms with Gasteiger partial charge in [0.25, 0.3) is 0 Å². The second-order valence-corrected chi connectivity index (χ2v) is 6.89. The van der Waals surface area contributed by atoms with Gasteiger partial charge >= 0.3 is 0 Å². The number of hydrogen-bond acceptors (Lipinski definition) is 5. The van der Waals surface area contributed by atoms with Crippen LogP contribution in [0.5, 0.6) is 0 Å². The van der Waals surface area contributed by atoms with Gasteiger partial charge in [-0.15, -0.1) is 11.3 Å². The Morgan fingerprint density at radius 1 is 1.33 bits per heavy atom. The van der Waals surface area contributed by atoms with E-state index in [4.69, 9.17) is 4.74 Å². The number of likely N-dealkylation sites (N-methyl/N-ethyl adjacent to an activating group) is 1. The lowest BCUT2D eigenvalue weighted by Gasteiger charge is -2.20. The van der Waals surface area contributed by atoms with Gasteiger partial charge in [0.1, 0.15) is 0 Å².